The van der Waals surface area contributed by atoms with E-state index in [0.29, 0.717) is 17.1 Å². The highest BCUT2D eigenvalue weighted by atomic mass is 35.5. The number of ether oxygens (including phenoxy) is 1. The van der Waals surface area contributed by atoms with Crippen LogP contribution in [0.3, 0.4) is 0 Å². The van der Waals surface area contributed by atoms with Crippen molar-refractivity contribution in [3.05, 3.63) is 64.7 Å². The standard InChI is InChI=1S/C19H23ClN2O2/c1-3-15(4-2)24-16-11-9-14(10-12-16)13-21-22-19(23)17-7-5-6-8-18(17)20/h5-12,15,21H,3-4,13H2,1-2H3,(H,22,23). The summed E-state index contributed by atoms with van der Waals surface area (Å²) in [7, 11) is 0. The molecule has 0 saturated carbocycles. The number of carbonyl (C=O) groups excluding carboxylic acids is 1. The number of nitrogens with one attached hydrogen (secondary N) is 2. The van der Waals surface area contributed by atoms with E-state index in [1.807, 2.05) is 24.3 Å². The van der Waals surface area contributed by atoms with Gasteiger partial charge < -0.3 is 4.74 Å². The van der Waals surface area contributed by atoms with Gasteiger partial charge in [-0.15, -0.1) is 0 Å². The number of carbonyl (C=O) groups is 1. The number of halogens is 1. The molecule has 128 valence electrons. The van der Waals surface area contributed by atoms with Crippen molar-refractivity contribution in [2.24, 2.45) is 0 Å². The quantitative estimate of drug-likeness (QED) is 0.699. The molecule has 5 heteroatoms. The second-order valence-electron chi connectivity index (χ2n) is 5.49. The first-order valence-electron chi connectivity index (χ1n) is 8.17. The molecule has 2 rings (SSSR count). The van der Waals surface area contributed by atoms with Gasteiger partial charge in [0.05, 0.1) is 16.7 Å². The summed E-state index contributed by atoms with van der Waals surface area (Å²) < 4.78 is 5.88. The summed E-state index contributed by atoms with van der Waals surface area (Å²) >= 11 is 6.00. The van der Waals surface area contributed by atoms with Crippen LogP contribution in [0.4, 0.5) is 0 Å². The Kier molecular flexibility index (Phi) is 7.09. The van der Waals surface area contributed by atoms with Crippen molar-refractivity contribution in [2.75, 3.05) is 0 Å². The first-order chi connectivity index (χ1) is 11.6. The Morgan fingerprint density at radius 2 is 1.75 bits per heavy atom. The minimum absolute atomic E-state index is 0.254. The summed E-state index contributed by atoms with van der Waals surface area (Å²) in [5.74, 6) is 0.613. The lowest BCUT2D eigenvalue weighted by Crippen LogP contribution is -2.36. The Morgan fingerprint density at radius 1 is 1.08 bits per heavy atom. The van der Waals surface area contributed by atoms with E-state index in [2.05, 4.69) is 24.7 Å². The van der Waals surface area contributed by atoms with Gasteiger partial charge in [0, 0.05) is 6.54 Å². The summed E-state index contributed by atoms with van der Waals surface area (Å²) in [5.41, 5.74) is 7.05. The molecule has 0 bridgehead atoms. The minimum Gasteiger partial charge on any atom is -0.490 e. The van der Waals surface area contributed by atoms with E-state index >= 15 is 0 Å². The van der Waals surface area contributed by atoms with E-state index < -0.39 is 0 Å². The summed E-state index contributed by atoms with van der Waals surface area (Å²) in [6.07, 6.45) is 2.24. The molecule has 2 N–H and O–H groups in total. The number of rotatable bonds is 8. The van der Waals surface area contributed by atoms with Crippen molar-refractivity contribution < 1.29 is 9.53 Å². The predicted octanol–water partition coefficient (Wildman–Crippen LogP) is 4.34. The smallest absolute Gasteiger partial charge is 0.266 e. The predicted molar refractivity (Wildman–Crippen MR) is 97.2 cm³/mol. The number of hydrogen-bond donors (Lipinski definition) is 2. The van der Waals surface area contributed by atoms with Crippen LogP contribution in [0.1, 0.15) is 42.6 Å². The van der Waals surface area contributed by atoms with Crippen molar-refractivity contribution in [2.45, 2.75) is 39.3 Å². The maximum atomic E-state index is 12.0. The van der Waals surface area contributed by atoms with Crippen molar-refractivity contribution in [1.29, 1.82) is 0 Å². The molecule has 0 saturated heterocycles. The molecule has 0 radical (unpaired) electrons. The normalized spacial score (nSPS) is 10.7. The van der Waals surface area contributed by atoms with Gasteiger partial charge >= 0.3 is 0 Å². The topological polar surface area (TPSA) is 50.4 Å². The van der Waals surface area contributed by atoms with Crippen molar-refractivity contribution in [3.63, 3.8) is 0 Å². The molecule has 0 heterocycles. The van der Waals surface area contributed by atoms with Crippen LogP contribution < -0.4 is 15.6 Å². The molecule has 0 spiro atoms. The second kappa shape index (κ2) is 9.30. The molecule has 2 aromatic rings. The van der Waals surface area contributed by atoms with E-state index in [1.165, 1.54) is 0 Å². The molecule has 0 aliphatic rings. The number of amides is 1. The molecule has 2 aromatic carbocycles. The van der Waals surface area contributed by atoms with Crippen LogP contribution in [-0.2, 0) is 6.54 Å². The zero-order valence-corrected chi connectivity index (χ0v) is 14.8. The van der Waals surface area contributed by atoms with Gasteiger partial charge in [0.1, 0.15) is 5.75 Å². The number of hydrogen-bond acceptors (Lipinski definition) is 3. The molecule has 4 nitrogen and oxygen atoms in total. The summed E-state index contributed by atoms with van der Waals surface area (Å²) in [4.78, 5) is 12.0. The van der Waals surface area contributed by atoms with E-state index in [0.717, 1.165) is 24.2 Å². The zero-order valence-electron chi connectivity index (χ0n) is 14.0. The maximum Gasteiger partial charge on any atom is 0.266 e. The van der Waals surface area contributed by atoms with Crippen LogP contribution in [0, 0.1) is 0 Å². The van der Waals surface area contributed by atoms with Crippen LogP contribution in [0.15, 0.2) is 48.5 Å². The van der Waals surface area contributed by atoms with Gasteiger partial charge in [-0.25, -0.2) is 5.43 Å². The third kappa shape index (κ3) is 5.25. The second-order valence-corrected chi connectivity index (χ2v) is 5.90. The third-order valence-electron chi connectivity index (χ3n) is 3.75. The summed E-state index contributed by atoms with van der Waals surface area (Å²) in [6.45, 7) is 4.75. The molecular weight excluding hydrogens is 324 g/mol. The molecule has 24 heavy (non-hydrogen) atoms. The lowest BCUT2D eigenvalue weighted by molar-refractivity contribution is 0.0932. The SMILES string of the molecule is CCC(CC)Oc1ccc(CNNC(=O)c2ccccc2Cl)cc1. The Balaban J connectivity index is 1.82. The molecular formula is C19H23ClN2O2. The van der Waals surface area contributed by atoms with E-state index in [-0.39, 0.29) is 12.0 Å². The monoisotopic (exact) mass is 346 g/mol. The fraction of sp³-hybridized carbons (Fsp3) is 0.316. The van der Waals surface area contributed by atoms with Gasteiger partial charge in [-0.1, -0.05) is 49.7 Å². The zero-order chi connectivity index (χ0) is 17.4. The van der Waals surface area contributed by atoms with Gasteiger partial charge in [-0.05, 0) is 42.7 Å². The Labute approximate surface area is 148 Å². The Morgan fingerprint density at radius 3 is 2.38 bits per heavy atom. The van der Waals surface area contributed by atoms with Crippen LogP contribution in [0.5, 0.6) is 5.75 Å². The van der Waals surface area contributed by atoms with E-state index in [1.54, 1.807) is 24.3 Å². The molecule has 0 fully saturated rings. The maximum absolute atomic E-state index is 12.0. The van der Waals surface area contributed by atoms with E-state index in [4.69, 9.17) is 16.3 Å². The Hall–Kier alpha value is -2.04. The van der Waals surface area contributed by atoms with Gasteiger partial charge in [-0.2, -0.15) is 0 Å². The van der Waals surface area contributed by atoms with Crippen molar-refractivity contribution in [3.8, 4) is 5.75 Å². The third-order valence-corrected chi connectivity index (χ3v) is 4.08. The fourth-order valence-corrected chi connectivity index (χ4v) is 2.49. The molecule has 0 aliphatic carbocycles. The van der Waals surface area contributed by atoms with Crippen molar-refractivity contribution >= 4 is 17.5 Å². The molecule has 1 amide bonds. The molecule has 0 aliphatic heterocycles. The lowest BCUT2D eigenvalue weighted by Gasteiger charge is -2.16. The highest BCUT2D eigenvalue weighted by Gasteiger charge is 2.08. The number of benzene rings is 2. The number of hydrazine groups is 1. The first-order valence-corrected chi connectivity index (χ1v) is 8.55. The average molecular weight is 347 g/mol. The molecule has 0 aromatic heterocycles. The van der Waals surface area contributed by atoms with Crippen molar-refractivity contribution in [1.82, 2.24) is 10.9 Å². The molecule has 0 atom stereocenters. The summed E-state index contributed by atoms with van der Waals surface area (Å²) in [6, 6.07) is 14.8. The average Bonchev–Trinajstić information content (AvgIpc) is 2.61. The van der Waals surface area contributed by atoms with Gasteiger partial charge in [0.15, 0.2) is 0 Å². The minimum atomic E-state index is -0.255. The van der Waals surface area contributed by atoms with Gasteiger partial charge in [0.25, 0.3) is 5.91 Å². The fourth-order valence-electron chi connectivity index (χ4n) is 2.27. The van der Waals surface area contributed by atoms with E-state index in [9.17, 15) is 4.79 Å². The highest BCUT2D eigenvalue weighted by molar-refractivity contribution is 6.33. The van der Waals surface area contributed by atoms with Crippen LogP contribution in [0.2, 0.25) is 5.02 Å². The van der Waals surface area contributed by atoms with Gasteiger partial charge in [-0.3, -0.25) is 10.2 Å². The van der Waals surface area contributed by atoms with Gasteiger partial charge in [0.2, 0.25) is 0 Å². The Bertz CT molecular complexity index is 655. The first kappa shape index (κ1) is 18.3. The van der Waals surface area contributed by atoms with Crippen LogP contribution >= 0.6 is 11.6 Å². The lowest BCUT2D eigenvalue weighted by atomic mass is 10.2. The molecule has 0 unspecified atom stereocenters. The summed E-state index contributed by atoms with van der Waals surface area (Å²) in [5, 5.41) is 0.430. The largest absolute Gasteiger partial charge is 0.490 e. The van der Waals surface area contributed by atoms with Crippen LogP contribution in [0.25, 0.3) is 0 Å². The van der Waals surface area contributed by atoms with Crippen LogP contribution in [-0.4, -0.2) is 12.0 Å². The highest BCUT2D eigenvalue weighted by Crippen LogP contribution is 2.16.